The van der Waals surface area contributed by atoms with Crippen molar-refractivity contribution in [1.82, 2.24) is 0 Å². The number of para-hydroxylation sites is 1. The topological polar surface area (TPSA) is 21.7 Å². The van der Waals surface area contributed by atoms with Crippen LogP contribution in [0.1, 0.15) is 47.2 Å². The lowest BCUT2D eigenvalue weighted by molar-refractivity contribution is 0.360. The Balaban J connectivity index is 0.805. The van der Waals surface area contributed by atoms with Gasteiger partial charge < -0.3 is 14.4 Å². The van der Waals surface area contributed by atoms with Gasteiger partial charge in [0.05, 0.1) is 5.41 Å². The molecule has 1 aliphatic heterocycles. The third kappa shape index (κ3) is 5.34. The van der Waals surface area contributed by atoms with Gasteiger partial charge in [0.2, 0.25) is 0 Å². The highest BCUT2D eigenvalue weighted by atomic mass is 16.6. The summed E-state index contributed by atoms with van der Waals surface area (Å²) in [4.78, 5) is 2.33. The van der Waals surface area contributed by atoms with Gasteiger partial charge in [0, 0.05) is 28.0 Å². The average Bonchev–Trinajstić information content (AvgIpc) is 3.95. The van der Waals surface area contributed by atoms with Crippen LogP contribution in [0.4, 0.5) is 17.1 Å². The van der Waals surface area contributed by atoms with Gasteiger partial charge in [0.25, 0.3) is 0 Å². The van der Waals surface area contributed by atoms with Gasteiger partial charge in [-0.05, 0) is 144 Å². The SMILES string of the molecule is CC1(C)c2ccccc2-c2cc(-c3ccc(N(c4ccccc4)c4cccc(-c5ccc6c(c5)Oc5ccc7c(c5O6)-c5ccccc5C75c6ccccc6-c6ccccc65)c4)cc3)ccc21. The van der Waals surface area contributed by atoms with Crippen LogP contribution in [0.15, 0.2) is 224 Å². The van der Waals surface area contributed by atoms with Gasteiger partial charge in [0.1, 0.15) is 0 Å². The Morgan fingerprint density at radius 2 is 0.821 bits per heavy atom. The maximum atomic E-state index is 6.98. The summed E-state index contributed by atoms with van der Waals surface area (Å²) in [6, 6.07) is 81.4. The van der Waals surface area contributed by atoms with E-state index < -0.39 is 5.41 Å². The Bertz CT molecular complexity index is 3630. The lowest BCUT2D eigenvalue weighted by Gasteiger charge is -2.31. The van der Waals surface area contributed by atoms with E-state index in [1.807, 2.05) is 0 Å². The van der Waals surface area contributed by atoms with Crippen LogP contribution in [0.3, 0.4) is 0 Å². The summed E-state index contributed by atoms with van der Waals surface area (Å²) in [6.07, 6.45) is 0. The van der Waals surface area contributed by atoms with E-state index in [2.05, 4.69) is 243 Å². The van der Waals surface area contributed by atoms with Gasteiger partial charge >= 0.3 is 0 Å². The zero-order valence-corrected chi connectivity index (χ0v) is 37.1. The van der Waals surface area contributed by atoms with E-state index in [1.54, 1.807) is 0 Å². The predicted molar refractivity (Wildman–Crippen MR) is 272 cm³/mol. The molecule has 0 N–H and O–H groups in total. The smallest absolute Gasteiger partial charge is 0.178 e. The van der Waals surface area contributed by atoms with Crippen LogP contribution in [0.25, 0.3) is 55.6 Å². The van der Waals surface area contributed by atoms with Crippen molar-refractivity contribution in [1.29, 1.82) is 0 Å². The molecule has 0 saturated carbocycles. The number of ether oxygens (including phenoxy) is 2. The molecule has 0 bridgehead atoms. The molecule has 0 amide bonds. The molecule has 0 fully saturated rings. The molecule has 10 aromatic rings. The molecule has 0 atom stereocenters. The van der Waals surface area contributed by atoms with Gasteiger partial charge in [0.15, 0.2) is 23.0 Å². The maximum absolute atomic E-state index is 6.98. The van der Waals surface area contributed by atoms with Crippen molar-refractivity contribution in [2.24, 2.45) is 0 Å². The van der Waals surface area contributed by atoms with Crippen LogP contribution in [-0.4, -0.2) is 0 Å². The molecule has 3 nitrogen and oxygen atoms in total. The third-order valence-electron chi connectivity index (χ3n) is 14.9. The molecule has 4 aliphatic rings. The standard InChI is InChI=1S/C64H43NO2/c1-63(2)52-23-10-6-21-49(52)51-38-42(29-33-53(51)63)40-27-31-45(32-28-40)65(44-16-4-3-5-17-44)46-18-14-15-41(37-46)43-30-35-58-60(39-43)66-59-36-34-57-61(62(59)67-58)50-22-9-13-26-56(50)64(57)54-24-11-7-19-47(54)48-20-8-12-25-55(48)64/h3-39H,1-2H3. The monoisotopic (exact) mass is 857 g/mol. The first kappa shape index (κ1) is 37.9. The van der Waals surface area contributed by atoms with Crippen LogP contribution in [0.2, 0.25) is 0 Å². The Morgan fingerprint density at radius 1 is 0.313 bits per heavy atom. The minimum atomic E-state index is -0.449. The van der Waals surface area contributed by atoms with E-state index in [-0.39, 0.29) is 5.41 Å². The molecule has 3 aliphatic carbocycles. The van der Waals surface area contributed by atoms with E-state index >= 15 is 0 Å². The molecular weight excluding hydrogens is 815 g/mol. The van der Waals surface area contributed by atoms with Crippen LogP contribution in [-0.2, 0) is 10.8 Å². The van der Waals surface area contributed by atoms with Crippen molar-refractivity contribution < 1.29 is 9.47 Å². The molecule has 1 spiro atoms. The molecule has 14 rings (SSSR count). The van der Waals surface area contributed by atoms with Gasteiger partial charge in [-0.15, -0.1) is 0 Å². The Hall–Kier alpha value is -8.40. The summed E-state index contributed by atoms with van der Waals surface area (Å²) in [7, 11) is 0. The second-order valence-corrected chi connectivity index (χ2v) is 18.8. The number of fused-ring (bicyclic) bond motifs is 16. The molecule has 316 valence electrons. The van der Waals surface area contributed by atoms with Crippen LogP contribution >= 0.6 is 0 Å². The van der Waals surface area contributed by atoms with Gasteiger partial charge in [-0.1, -0.05) is 178 Å². The number of hydrogen-bond acceptors (Lipinski definition) is 3. The Labute approximate surface area is 390 Å². The molecule has 0 unspecified atom stereocenters. The largest absolute Gasteiger partial charge is 0.449 e. The summed E-state index contributed by atoms with van der Waals surface area (Å²) < 4.78 is 13.8. The number of nitrogens with zero attached hydrogens (tertiary/aromatic N) is 1. The summed E-state index contributed by atoms with van der Waals surface area (Å²) in [5.41, 5.74) is 22.7. The van der Waals surface area contributed by atoms with Crippen molar-refractivity contribution >= 4 is 17.1 Å². The Morgan fingerprint density at radius 3 is 1.55 bits per heavy atom. The van der Waals surface area contributed by atoms with E-state index in [0.717, 1.165) is 45.3 Å². The fourth-order valence-electron chi connectivity index (χ4n) is 11.9. The van der Waals surface area contributed by atoms with Gasteiger partial charge in [-0.25, -0.2) is 0 Å². The van der Waals surface area contributed by atoms with Crippen molar-refractivity contribution in [3.63, 3.8) is 0 Å². The van der Waals surface area contributed by atoms with Crippen molar-refractivity contribution in [2.75, 3.05) is 4.90 Å². The molecule has 10 aromatic carbocycles. The second kappa shape index (κ2) is 14.1. The maximum Gasteiger partial charge on any atom is 0.178 e. The highest BCUT2D eigenvalue weighted by molar-refractivity contribution is 5.98. The van der Waals surface area contributed by atoms with Crippen LogP contribution in [0, 0.1) is 0 Å². The first-order valence-corrected chi connectivity index (χ1v) is 23.2. The molecule has 0 saturated heterocycles. The molecule has 3 heteroatoms. The highest BCUT2D eigenvalue weighted by Crippen LogP contribution is 2.66. The fourth-order valence-corrected chi connectivity index (χ4v) is 11.9. The first-order chi connectivity index (χ1) is 33.0. The number of benzene rings is 10. The summed E-state index contributed by atoms with van der Waals surface area (Å²) in [5.74, 6) is 2.88. The summed E-state index contributed by atoms with van der Waals surface area (Å²) >= 11 is 0. The van der Waals surface area contributed by atoms with Crippen molar-refractivity contribution in [3.05, 3.63) is 258 Å². The second-order valence-electron chi connectivity index (χ2n) is 18.8. The molecular formula is C64H43NO2. The molecule has 0 radical (unpaired) electrons. The van der Waals surface area contributed by atoms with Gasteiger partial charge in [-0.2, -0.15) is 0 Å². The van der Waals surface area contributed by atoms with Crippen LogP contribution < -0.4 is 14.4 Å². The number of anilines is 3. The first-order valence-electron chi connectivity index (χ1n) is 23.2. The normalized spacial score (nSPS) is 14.3. The zero-order chi connectivity index (χ0) is 44.4. The minimum absolute atomic E-state index is 0.0142. The van der Waals surface area contributed by atoms with Crippen molar-refractivity contribution in [2.45, 2.75) is 24.7 Å². The zero-order valence-electron chi connectivity index (χ0n) is 37.1. The van der Waals surface area contributed by atoms with E-state index in [1.165, 1.54) is 72.3 Å². The predicted octanol–water partition coefficient (Wildman–Crippen LogP) is 17.0. The van der Waals surface area contributed by atoms with E-state index in [4.69, 9.17) is 9.47 Å². The summed E-state index contributed by atoms with van der Waals surface area (Å²) in [6.45, 7) is 4.66. The molecule has 67 heavy (non-hydrogen) atoms. The van der Waals surface area contributed by atoms with Gasteiger partial charge in [-0.3, -0.25) is 0 Å². The number of rotatable bonds is 5. The van der Waals surface area contributed by atoms with E-state index in [9.17, 15) is 0 Å². The highest BCUT2D eigenvalue weighted by Gasteiger charge is 2.53. The lowest BCUT2D eigenvalue weighted by atomic mass is 9.70. The Kier molecular flexibility index (Phi) is 7.95. The lowest BCUT2D eigenvalue weighted by Crippen LogP contribution is -2.25. The number of hydrogen-bond donors (Lipinski definition) is 0. The third-order valence-corrected chi connectivity index (χ3v) is 14.9. The average molecular weight is 858 g/mol. The summed E-state index contributed by atoms with van der Waals surface area (Å²) in [5, 5.41) is 0. The minimum Gasteiger partial charge on any atom is -0.449 e. The van der Waals surface area contributed by atoms with Crippen LogP contribution in [0.5, 0.6) is 23.0 Å². The molecule has 1 heterocycles. The fraction of sp³-hybridized carbons (Fsp3) is 0.0625. The molecule has 0 aromatic heterocycles. The van der Waals surface area contributed by atoms with Crippen molar-refractivity contribution in [3.8, 4) is 78.6 Å². The quantitative estimate of drug-likeness (QED) is 0.172. The van der Waals surface area contributed by atoms with E-state index in [0.29, 0.717) is 11.5 Å².